The molecule has 1 aliphatic rings. The SMILES string of the molecule is CCCCCCCCCCCCC(O)(CCCCCCCCCCCC)[C@H](OCc1ccccc1)[C@@H](NC(=O)OC(C)(C)C)[C@H]1COC(C)(C)O1. The van der Waals surface area contributed by atoms with Gasteiger partial charge in [-0.3, -0.25) is 0 Å². The highest BCUT2D eigenvalue weighted by atomic mass is 16.7. The van der Waals surface area contributed by atoms with E-state index in [0.717, 1.165) is 31.2 Å². The van der Waals surface area contributed by atoms with Gasteiger partial charge in [0.1, 0.15) is 17.8 Å². The van der Waals surface area contributed by atoms with Crippen molar-refractivity contribution in [3.63, 3.8) is 0 Å². The third-order valence-electron chi connectivity index (χ3n) is 10.2. The van der Waals surface area contributed by atoms with Crippen molar-refractivity contribution in [3.8, 4) is 0 Å². The van der Waals surface area contributed by atoms with Gasteiger partial charge in [-0.15, -0.1) is 0 Å². The largest absolute Gasteiger partial charge is 0.444 e. The molecule has 51 heavy (non-hydrogen) atoms. The van der Waals surface area contributed by atoms with Crippen molar-refractivity contribution in [3.05, 3.63) is 35.9 Å². The van der Waals surface area contributed by atoms with Crippen LogP contribution in [0, 0.1) is 0 Å². The van der Waals surface area contributed by atoms with E-state index >= 15 is 0 Å². The molecule has 0 aliphatic carbocycles. The molecule has 7 nitrogen and oxygen atoms in total. The maximum absolute atomic E-state index is 13.4. The monoisotopic (exact) mass is 718 g/mol. The Morgan fingerprint density at radius 1 is 0.784 bits per heavy atom. The van der Waals surface area contributed by atoms with E-state index in [-0.39, 0.29) is 6.61 Å². The zero-order valence-electron chi connectivity index (χ0n) is 34.1. The van der Waals surface area contributed by atoms with Crippen LogP contribution in [0.25, 0.3) is 0 Å². The van der Waals surface area contributed by atoms with Crippen molar-refractivity contribution in [2.24, 2.45) is 0 Å². The van der Waals surface area contributed by atoms with Gasteiger partial charge in [0.05, 0.1) is 24.9 Å². The summed E-state index contributed by atoms with van der Waals surface area (Å²) in [7, 11) is 0. The summed E-state index contributed by atoms with van der Waals surface area (Å²) in [6.45, 7) is 14.5. The van der Waals surface area contributed by atoms with E-state index in [1.807, 2.05) is 65.0 Å². The van der Waals surface area contributed by atoms with Gasteiger partial charge in [0, 0.05) is 0 Å². The number of benzene rings is 1. The second-order valence-corrected chi connectivity index (χ2v) is 16.7. The van der Waals surface area contributed by atoms with E-state index in [9.17, 15) is 9.90 Å². The Labute approximate surface area is 313 Å². The van der Waals surface area contributed by atoms with Gasteiger partial charge in [-0.2, -0.15) is 0 Å². The van der Waals surface area contributed by atoms with Gasteiger partial charge in [-0.25, -0.2) is 4.79 Å². The topological polar surface area (TPSA) is 86.3 Å². The van der Waals surface area contributed by atoms with Crippen molar-refractivity contribution < 1.29 is 28.8 Å². The standard InChI is InChI=1S/C44H79NO6/c1-8-10-12-14-16-18-20-22-24-29-33-44(47,34-30-25-23-21-19-17-15-13-11-9-2)40(48-35-37-31-27-26-28-32-37)39(38-36-49-43(6,7)50-38)45-41(46)51-42(3,4)5/h26-28,31-32,38-40,47H,8-25,29-30,33-36H2,1-7H3,(H,45,46)/t38-,39+,40-/m1/s1. The number of aliphatic hydroxyl groups is 1. The number of amides is 1. The molecule has 1 amide bonds. The fraction of sp³-hybridized carbons (Fsp3) is 0.841. The Hall–Kier alpha value is -1.67. The lowest BCUT2D eigenvalue weighted by Gasteiger charge is -2.43. The van der Waals surface area contributed by atoms with Crippen LogP contribution in [0.5, 0.6) is 0 Å². The van der Waals surface area contributed by atoms with Gasteiger partial charge in [0.2, 0.25) is 0 Å². The Bertz CT molecular complexity index is 985. The van der Waals surface area contributed by atoms with Crippen molar-refractivity contribution in [1.82, 2.24) is 5.32 Å². The molecule has 1 saturated heterocycles. The molecule has 0 radical (unpaired) electrons. The Kier molecular flexibility index (Phi) is 22.6. The Morgan fingerprint density at radius 3 is 1.65 bits per heavy atom. The van der Waals surface area contributed by atoms with Crippen molar-refractivity contribution in [2.75, 3.05) is 6.61 Å². The maximum atomic E-state index is 13.4. The smallest absolute Gasteiger partial charge is 0.408 e. The molecule has 3 atom stereocenters. The number of carbonyl (C=O) groups is 1. The normalized spacial score (nSPS) is 17.4. The molecule has 0 unspecified atom stereocenters. The summed E-state index contributed by atoms with van der Waals surface area (Å²) in [4.78, 5) is 13.4. The maximum Gasteiger partial charge on any atom is 0.408 e. The minimum absolute atomic E-state index is 0.283. The highest BCUT2D eigenvalue weighted by Crippen LogP contribution is 2.35. The quantitative estimate of drug-likeness (QED) is 0.0802. The zero-order chi connectivity index (χ0) is 37.4. The first-order valence-corrected chi connectivity index (χ1v) is 21.1. The summed E-state index contributed by atoms with van der Waals surface area (Å²) in [5, 5.41) is 16.0. The summed E-state index contributed by atoms with van der Waals surface area (Å²) >= 11 is 0. The molecule has 0 saturated carbocycles. The van der Waals surface area contributed by atoms with Gasteiger partial charge in [0.15, 0.2) is 5.79 Å². The van der Waals surface area contributed by atoms with E-state index in [2.05, 4.69) is 19.2 Å². The lowest BCUT2D eigenvalue weighted by Crippen LogP contribution is -2.62. The second-order valence-electron chi connectivity index (χ2n) is 16.7. The lowest BCUT2D eigenvalue weighted by molar-refractivity contribution is -0.173. The Balaban J connectivity index is 2.25. The van der Waals surface area contributed by atoms with Crippen molar-refractivity contribution in [1.29, 1.82) is 0 Å². The average molecular weight is 718 g/mol. The zero-order valence-corrected chi connectivity index (χ0v) is 34.1. The van der Waals surface area contributed by atoms with E-state index in [1.165, 1.54) is 103 Å². The number of nitrogens with one attached hydrogen (secondary N) is 1. The van der Waals surface area contributed by atoms with Gasteiger partial charge in [-0.05, 0) is 53.0 Å². The van der Waals surface area contributed by atoms with Crippen molar-refractivity contribution in [2.45, 2.75) is 232 Å². The molecule has 296 valence electrons. The van der Waals surface area contributed by atoms with Crippen LogP contribution in [0.15, 0.2) is 30.3 Å². The fourth-order valence-corrected chi connectivity index (χ4v) is 7.30. The van der Waals surface area contributed by atoms with Crippen LogP contribution < -0.4 is 5.32 Å². The number of hydrogen-bond acceptors (Lipinski definition) is 6. The average Bonchev–Trinajstić information content (AvgIpc) is 3.44. The summed E-state index contributed by atoms with van der Waals surface area (Å²) in [5.74, 6) is -0.812. The number of carbonyl (C=O) groups excluding carboxylic acids is 1. The van der Waals surface area contributed by atoms with Crippen molar-refractivity contribution >= 4 is 6.09 Å². The van der Waals surface area contributed by atoms with Crippen LogP contribution in [0.2, 0.25) is 0 Å². The van der Waals surface area contributed by atoms with Gasteiger partial charge >= 0.3 is 6.09 Å². The van der Waals surface area contributed by atoms with E-state index in [0.29, 0.717) is 19.4 Å². The van der Waals surface area contributed by atoms with Gasteiger partial charge in [0.25, 0.3) is 0 Å². The van der Waals surface area contributed by atoms with Crippen LogP contribution in [0.3, 0.4) is 0 Å². The molecule has 7 heteroatoms. The molecule has 1 heterocycles. The van der Waals surface area contributed by atoms with E-state index in [4.69, 9.17) is 18.9 Å². The number of ether oxygens (including phenoxy) is 4. The summed E-state index contributed by atoms with van der Waals surface area (Å²) in [6, 6.07) is 9.39. The first-order valence-electron chi connectivity index (χ1n) is 21.1. The molecule has 0 aromatic heterocycles. The second kappa shape index (κ2) is 25.4. The minimum Gasteiger partial charge on any atom is -0.444 e. The molecule has 2 rings (SSSR count). The molecule has 0 bridgehead atoms. The number of unbranched alkanes of at least 4 members (excludes halogenated alkanes) is 18. The first kappa shape index (κ1) is 45.5. The molecule has 1 fully saturated rings. The molecule has 1 aromatic rings. The third-order valence-corrected chi connectivity index (χ3v) is 10.2. The van der Waals surface area contributed by atoms with E-state index in [1.54, 1.807) is 0 Å². The first-order chi connectivity index (χ1) is 24.4. The van der Waals surface area contributed by atoms with Gasteiger partial charge in [-0.1, -0.05) is 173 Å². The molecule has 0 spiro atoms. The minimum atomic E-state index is -1.18. The number of rotatable bonds is 29. The van der Waals surface area contributed by atoms with Crippen LogP contribution in [0.1, 0.15) is 195 Å². The fourth-order valence-electron chi connectivity index (χ4n) is 7.30. The lowest BCUT2D eigenvalue weighted by atomic mass is 9.80. The van der Waals surface area contributed by atoms with Crippen LogP contribution in [-0.4, -0.2) is 53.0 Å². The predicted molar refractivity (Wildman–Crippen MR) is 211 cm³/mol. The van der Waals surface area contributed by atoms with Crippen LogP contribution >= 0.6 is 0 Å². The summed E-state index contributed by atoms with van der Waals surface area (Å²) < 4.78 is 25.0. The van der Waals surface area contributed by atoms with Gasteiger partial charge < -0.3 is 29.4 Å². The predicted octanol–water partition coefficient (Wildman–Crippen LogP) is 12.0. The third kappa shape index (κ3) is 20.4. The number of alkyl carbamates (subject to hydrolysis) is 1. The molecule has 1 aromatic carbocycles. The summed E-state index contributed by atoms with van der Waals surface area (Å²) in [6.07, 6.45) is 24.0. The Morgan fingerprint density at radius 2 is 1.24 bits per heavy atom. The molecule has 1 aliphatic heterocycles. The van der Waals surface area contributed by atoms with Crippen LogP contribution in [0.4, 0.5) is 4.79 Å². The molecule has 2 N–H and O–H groups in total. The van der Waals surface area contributed by atoms with E-state index < -0.39 is 41.3 Å². The van der Waals surface area contributed by atoms with Crippen LogP contribution in [-0.2, 0) is 25.6 Å². The highest BCUT2D eigenvalue weighted by Gasteiger charge is 2.49. The molecular weight excluding hydrogens is 638 g/mol. The summed E-state index contributed by atoms with van der Waals surface area (Å²) in [5.41, 5.74) is -0.836. The number of hydrogen-bond donors (Lipinski definition) is 2. The molecular formula is C44H79NO6. The highest BCUT2D eigenvalue weighted by molar-refractivity contribution is 5.68.